The maximum Gasteiger partial charge on any atom is 0.229 e. The number of aromatic nitrogens is 2. The van der Waals surface area contributed by atoms with Gasteiger partial charge in [0.25, 0.3) is 0 Å². The van der Waals surface area contributed by atoms with Crippen LogP contribution in [0.15, 0.2) is 48.8 Å². The fraction of sp³-hybridized carbons (Fsp3) is 0.100. The first kappa shape index (κ1) is 21.6. The fourth-order valence-corrected chi connectivity index (χ4v) is 3.33. The SMILES string of the molecule is CC(=O)N(c1ccnc(F)c1)c1cc(NC(=O)Cc2c(Cl)cc(F)cc2Cl)ccn1. The minimum atomic E-state index is -0.753. The molecule has 0 atom stereocenters. The number of benzene rings is 1. The number of halogens is 4. The highest BCUT2D eigenvalue weighted by Gasteiger charge is 2.18. The smallest absolute Gasteiger partial charge is 0.229 e. The molecule has 3 rings (SSSR count). The van der Waals surface area contributed by atoms with Crippen molar-refractivity contribution in [3.63, 3.8) is 0 Å². The van der Waals surface area contributed by atoms with Crippen LogP contribution in [0.2, 0.25) is 10.0 Å². The van der Waals surface area contributed by atoms with Crippen LogP contribution in [-0.4, -0.2) is 21.8 Å². The quantitative estimate of drug-likeness (QED) is 0.559. The number of carbonyl (C=O) groups excluding carboxylic acids is 2. The summed E-state index contributed by atoms with van der Waals surface area (Å²) in [6.45, 7) is 1.30. The Morgan fingerprint density at radius 2 is 1.70 bits per heavy atom. The Morgan fingerprint density at radius 1 is 1.03 bits per heavy atom. The Morgan fingerprint density at radius 3 is 2.33 bits per heavy atom. The molecular formula is C20H14Cl2F2N4O2. The highest BCUT2D eigenvalue weighted by Crippen LogP contribution is 2.28. The average molecular weight is 451 g/mol. The largest absolute Gasteiger partial charge is 0.326 e. The van der Waals surface area contributed by atoms with Crippen LogP contribution in [0.25, 0.3) is 0 Å². The second-order valence-corrected chi connectivity index (χ2v) is 6.98. The van der Waals surface area contributed by atoms with Crippen molar-refractivity contribution in [2.45, 2.75) is 13.3 Å². The lowest BCUT2D eigenvalue weighted by molar-refractivity contribution is -0.116. The number of nitrogens with zero attached hydrogens (tertiary/aromatic N) is 3. The van der Waals surface area contributed by atoms with Crippen molar-refractivity contribution in [2.75, 3.05) is 10.2 Å². The maximum atomic E-state index is 13.5. The second-order valence-electron chi connectivity index (χ2n) is 6.17. The van der Waals surface area contributed by atoms with Gasteiger partial charge in [0.1, 0.15) is 11.6 Å². The molecule has 0 aliphatic carbocycles. The summed E-state index contributed by atoms with van der Waals surface area (Å²) in [5.74, 6) is -2.07. The molecule has 2 aromatic heterocycles. The van der Waals surface area contributed by atoms with E-state index in [9.17, 15) is 18.4 Å². The monoisotopic (exact) mass is 450 g/mol. The molecule has 0 fully saturated rings. The molecule has 154 valence electrons. The summed E-state index contributed by atoms with van der Waals surface area (Å²) in [5.41, 5.74) is 0.847. The number of hydrogen-bond donors (Lipinski definition) is 1. The van der Waals surface area contributed by atoms with Crippen LogP contribution in [-0.2, 0) is 16.0 Å². The summed E-state index contributed by atoms with van der Waals surface area (Å²) in [5, 5.41) is 2.71. The molecule has 0 unspecified atom stereocenters. The van der Waals surface area contributed by atoms with E-state index in [4.69, 9.17) is 23.2 Å². The summed E-state index contributed by atoms with van der Waals surface area (Å²) in [7, 11) is 0. The molecule has 0 spiro atoms. The van der Waals surface area contributed by atoms with E-state index < -0.39 is 23.6 Å². The van der Waals surface area contributed by atoms with Crippen LogP contribution in [0, 0.1) is 11.8 Å². The van der Waals surface area contributed by atoms with Gasteiger partial charge in [-0.05, 0) is 29.8 Å². The first-order valence-corrected chi connectivity index (χ1v) is 9.32. The molecule has 30 heavy (non-hydrogen) atoms. The van der Waals surface area contributed by atoms with Gasteiger partial charge in [-0.25, -0.2) is 14.4 Å². The van der Waals surface area contributed by atoms with Crippen molar-refractivity contribution < 1.29 is 18.4 Å². The molecule has 0 aliphatic rings. The number of rotatable bonds is 5. The minimum absolute atomic E-state index is 0.0352. The third kappa shape index (κ3) is 5.08. The van der Waals surface area contributed by atoms with E-state index >= 15 is 0 Å². The van der Waals surface area contributed by atoms with Crippen LogP contribution in [0.4, 0.5) is 26.0 Å². The normalized spacial score (nSPS) is 10.6. The summed E-state index contributed by atoms with van der Waals surface area (Å²) >= 11 is 11.9. The van der Waals surface area contributed by atoms with Gasteiger partial charge in [0.05, 0.1) is 12.1 Å². The van der Waals surface area contributed by atoms with E-state index in [-0.39, 0.29) is 33.5 Å². The third-order valence-electron chi connectivity index (χ3n) is 3.98. The molecule has 3 aromatic rings. The van der Waals surface area contributed by atoms with Gasteiger partial charge in [-0.2, -0.15) is 4.39 Å². The van der Waals surface area contributed by atoms with Crippen LogP contribution < -0.4 is 10.2 Å². The fourth-order valence-electron chi connectivity index (χ4n) is 2.73. The van der Waals surface area contributed by atoms with Crippen molar-refractivity contribution in [2.24, 2.45) is 0 Å². The second kappa shape index (κ2) is 9.15. The predicted molar refractivity (Wildman–Crippen MR) is 110 cm³/mol. The molecular weight excluding hydrogens is 437 g/mol. The van der Waals surface area contributed by atoms with E-state index in [1.807, 2.05) is 0 Å². The zero-order chi connectivity index (χ0) is 21.8. The average Bonchev–Trinajstić information content (AvgIpc) is 2.65. The molecule has 10 heteroatoms. The van der Waals surface area contributed by atoms with E-state index in [0.717, 1.165) is 18.2 Å². The zero-order valence-electron chi connectivity index (χ0n) is 15.5. The summed E-state index contributed by atoms with van der Waals surface area (Å²) in [6, 6.07) is 7.65. The number of amides is 2. The van der Waals surface area contributed by atoms with E-state index in [2.05, 4.69) is 15.3 Å². The lowest BCUT2D eigenvalue weighted by atomic mass is 10.1. The van der Waals surface area contributed by atoms with Crippen molar-refractivity contribution in [1.82, 2.24) is 9.97 Å². The van der Waals surface area contributed by atoms with Crippen molar-refractivity contribution in [3.05, 3.63) is 76.2 Å². The Hall–Kier alpha value is -3.10. The van der Waals surface area contributed by atoms with Crippen molar-refractivity contribution in [3.8, 4) is 0 Å². The van der Waals surface area contributed by atoms with Gasteiger partial charge in [0.15, 0.2) is 0 Å². The van der Waals surface area contributed by atoms with Gasteiger partial charge in [0.2, 0.25) is 17.8 Å². The summed E-state index contributed by atoms with van der Waals surface area (Å²) < 4.78 is 26.8. The van der Waals surface area contributed by atoms with E-state index in [1.54, 1.807) is 0 Å². The Balaban J connectivity index is 1.83. The standard InChI is InChI=1S/C20H14Cl2F2N4O2/c1-11(29)28(14-3-5-25-18(24)9-14)19-8-13(2-4-26-19)27-20(30)10-15-16(21)6-12(23)7-17(15)22/h2-9H,10H2,1H3,(H,26,27,30). The zero-order valence-corrected chi connectivity index (χ0v) is 17.0. The molecule has 0 saturated carbocycles. The van der Waals surface area contributed by atoms with Crippen molar-refractivity contribution >= 4 is 52.2 Å². The molecule has 1 aromatic carbocycles. The first-order valence-electron chi connectivity index (χ1n) is 8.56. The molecule has 6 nitrogen and oxygen atoms in total. The van der Waals surface area contributed by atoms with Gasteiger partial charge in [-0.3, -0.25) is 14.5 Å². The van der Waals surface area contributed by atoms with Gasteiger partial charge >= 0.3 is 0 Å². The van der Waals surface area contributed by atoms with Gasteiger partial charge in [0, 0.05) is 47.2 Å². The Labute approximate surface area is 180 Å². The molecule has 0 aliphatic heterocycles. The Bertz CT molecular complexity index is 1100. The first-order chi connectivity index (χ1) is 14.2. The van der Waals surface area contributed by atoms with Crippen LogP contribution in [0.1, 0.15) is 12.5 Å². The van der Waals surface area contributed by atoms with Crippen LogP contribution >= 0.6 is 23.2 Å². The number of pyridine rings is 2. The molecule has 0 radical (unpaired) electrons. The van der Waals surface area contributed by atoms with Gasteiger partial charge < -0.3 is 5.32 Å². The van der Waals surface area contributed by atoms with Crippen LogP contribution in [0.5, 0.6) is 0 Å². The molecule has 0 saturated heterocycles. The lowest BCUT2D eigenvalue weighted by Crippen LogP contribution is -2.24. The Kier molecular flexibility index (Phi) is 6.59. The molecule has 2 heterocycles. The highest BCUT2D eigenvalue weighted by atomic mass is 35.5. The van der Waals surface area contributed by atoms with Gasteiger partial charge in [-0.15, -0.1) is 0 Å². The topological polar surface area (TPSA) is 75.2 Å². The third-order valence-corrected chi connectivity index (χ3v) is 4.66. The van der Waals surface area contributed by atoms with Crippen LogP contribution in [0.3, 0.4) is 0 Å². The lowest BCUT2D eigenvalue weighted by Gasteiger charge is -2.20. The maximum absolute atomic E-state index is 13.5. The highest BCUT2D eigenvalue weighted by molar-refractivity contribution is 6.36. The number of nitrogens with one attached hydrogen (secondary N) is 1. The molecule has 0 bridgehead atoms. The molecule has 1 N–H and O–H groups in total. The predicted octanol–water partition coefficient (Wildman–Crippen LogP) is 4.93. The number of hydrogen-bond acceptors (Lipinski definition) is 4. The van der Waals surface area contributed by atoms with E-state index in [0.29, 0.717) is 5.69 Å². The molecule has 2 amide bonds. The number of anilines is 3. The summed E-state index contributed by atoms with van der Waals surface area (Å²) in [4.78, 5) is 33.3. The van der Waals surface area contributed by atoms with Gasteiger partial charge in [-0.1, -0.05) is 23.2 Å². The van der Waals surface area contributed by atoms with E-state index in [1.165, 1.54) is 42.4 Å². The number of carbonyl (C=O) groups is 2. The summed E-state index contributed by atoms with van der Waals surface area (Å²) in [6.07, 6.45) is 2.42. The minimum Gasteiger partial charge on any atom is -0.326 e. The van der Waals surface area contributed by atoms with Crippen molar-refractivity contribution in [1.29, 1.82) is 0 Å².